The van der Waals surface area contributed by atoms with E-state index in [9.17, 15) is 0 Å². The van der Waals surface area contributed by atoms with Gasteiger partial charge in [0.2, 0.25) is 0 Å². The first kappa shape index (κ1) is 16.9. The minimum Gasteiger partial charge on any atom is -0.494 e. The van der Waals surface area contributed by atoms with E-state index in [0.717, 1.165) is 33.6 Å². The monoisotopic (exact) mass is 357 g/mol. The Bertz CT molecular complexity index is 1070. The number of anilines is 2. The van der Waals surface area contributed by atoms with Crippen LogP contribution in [0.15, 0.2) is 61.1 Å². The highest BCUT2D eigenvalue weighted by molar-refractivity contribution is 5.93. The maximum absolute atomic E-state index is 5.64. The lowest BCUT2D eigenvalue weighted by molar-refractivity contribution is 0.340. The normalized spacial score (nSPS) is 10.7. The molecule has 0 saturated carbocycles. The second kappa shape index (κ2) is 7.37. The van der Waals surface area contributed by atoms with E-state index in [1.54, 1.807) is 18.6 Å². The zero-order valence-corrected chi connectivity index (χ0v) is 15.2. The molecule has 0 unspecified atom stereocenters. The number of aryl methyl sites for hydroxylation is 1. The molecule has 3 heterocycles. The van der Waals surface area contributed by atoms with Crippen molar-refractivity contribution in [3.8, 4) is 17.1 Å². The van der Waals surface area contributed by atoms with Crippen LogP contribution in [0.1, 0.15) is 12.6 Å². The Kier molecular flexibility index (Phi) is 4.61. The number of nitrogens with zero attached hydrogens (tertiary/aromatic N) is 4. The van der Waals surface area contributed by atoms with Gasteiger partial charge in [-0.25, -0.2) is 9.97 Å². The van der Waals surface area contributed by atoms with Gasteiger partial charge in [-0.2, -0.15) is 0 Å². The zero-order chi connectivity index (χ0) is 18.6. The Morgan fingerprint density at radius 1 is 1.04 bits per heavy atom. The molecular weight excluding hydrogens is 338 g/mol. The van der Waals surface area contributed by atoms with Crippen LogP contribution in [0.4, 0.5) is 11.5 Å². The molecule has 6 nitrogen and oxygen atoms in total. The van der Waals surface area contributed by atoms with E-state index in [1.165, 1.54) is 0 Å². The lowest BCUT2D eigenvalue weighted by Crippen LogP contribution is -2.01. The van der Waals surface area contributed by atoms with E-state index in [0.29, 0.717) is 18.2 Å². The van der Waals surface area contributed by atoms with E-state index in [2.05, 4.69) is 15.3 Å². The molecule has 0 fully saturated rings. The number of benzene rings is 1. The van der Waals surface area contributed by atoms with Crippen molar-refractivity contribution in [2.75, 3.05) is 11.9 Å². The minimum atomic E-state index is 0.602. The number of rotatable bonds is 5. The quantitative estimate of drug-likeness (QED) is 0.565. The van der Waals surface area contributed by atoms with E-state index >= 15 is 0 Å². The van der Waals surface area contributed by atoms with Crippen molar-refractivity contribution < 1.29 is 4.74 Å². The van der Waals surface area contributed by atoms with Crippen molar-refractivity contribution in [2.45, 2.75) is 13.8 Å². The van der Waals surface area contributed by atoms with Crippen molar-refractivity contribution in [3.05, 3.63) is 66.7 Å². The second-order valence-electron chi connectivity index (χ2n) is 6.06. The highest BCUT2D eigenvalue weighted by Gasteiger charge is 2.11. The molecule has 0 amide bonds. The SMILES string of the molecule is CCOc1ccc2nc(-c3cccnc3)nc(Nc3ccc(C)nc3)c2c1. The Hall–Kier alpha value is -3.54. The summed E-state index contributed by atoms with van der Waals surface area (Å²) in [5.41, 5.74) is 3.51. The fraction of sp³-hybridized carbons (Fsp3) is 0.143. The predicted octanol–water partition coefficient (Wildman–Crippen LogP) is 4.54. The average molecular weight is 357 g/mol. The van der Waals surface area contributed by atoms with Crippen LogP contribution < -0.4 is 10.1 Å². The molecule has 4 rings (SSSR count). The molecule has 1 N–H and O–H groups in total. The lowest BCUT2D eigenvalue weighted by Gasteiger charge is -2.12. The second-order valence-corrected chi connectivity index (χ2v) is 6.06. The summed E-state index contributed by atoms with van der Waals surface area (Å²) in [5, 5.41) is 4.25. The van der Waals surface area contributed by atoms with Gasteiger partial charge in [0.25, 0.3) is 0 Å². The van der Waals surface area contributed by atoms with Crippen LogP contribution in [0.3, 0.4) is 0 Å². The summed E-state index contributed by atoms with van der Waals surface area (Å²) in [6, 6.07) is 13.6. The van der Waals surface area contributed by atoms with Gasteiger partial charge in [-0.3, -0.25) is 9.97 Å². The Morgan fingerprint density at radius 3 is 2.70 bits per heavy atom. The molecule has 27 heavy (non-hydrogen) atoms. The first-order chi connectivity index (χ1) is 13.2. The van der Waals surface area contributed by atoms with Gasteiger partial charge in [-0.1, -0.05) is 0 Å². The van der Waals surface area contributed by atoms with Crippen molar-refractivity contribution in [1.29, 1.82) is 0 Å². The number of pyridine rings is 2. The smallest absolute Gasteiger partial charge is 0.163 e. The van der Waals surface area contributed by atoms with Gasteiger partial charge in [-0.05, 0) is 56.3 Å². The molecule has 0 aliphatic carbocycles. The van der Waals surface area contributed by atoms with E-state index in [1.807, 2.05) is 56.3 Å². The molecule has 0 atom stereocenters. The van der Waals surface area contributed by atoms with Crippen molar-refractivity contribution in [1.82, 2.24) is 19.9 Å². The first-order valence-electron chi connectivity index (χ1n) is 8.77. The summed E-state index contributed by atoms with van der Waals surface area (Å²) in [6.07, 6.45) is 5.28. The minimum absolute atomic E-state index is 0.602. The number of fused-ring (bicyclic) bond motifs is 1. The van der Waals surface area contributed by atoms with Gasteiger partial charge in [0.15, 0.2) is 5.82 Å². The van der Waals surface area contributed by atoms with Crippen LogP contribution in [0.5, 0.6) is 5.75 Å². The highest BCUT2D eigenvalue weighted by atomic mass is 16.5. The molecule has 0 radical (unpaired) electrons. The highest BCUT2D eigenvalue weighted by Crippen LogP contribution is 2.29. The standard InChI is InChI=1S/C21H19N5O/c1-3-27-17-8-9-19-18(11-17)21(24-16-7-6-14(2)23-13-16)26-20(25-19)15-5-4-10-22-12-15/h4-13H,3H2,1-2H3,(H,24,25,26). The van der Waals surface area contributed by atoms with Crippen LogP contribution >= 0.6 is 0 Å². The summed E-state index contributed by atoms with van der Waals surface area (Å²) in [6.45, 7) is 4.52. The van der Waals surface area contributed by atoms with Gasteiger partial charge < -0.3 is 10.1 Å². The topological polar surface area (TPSA) is 72.8 Å². The molecule has 0 saturated heterocycles. The molecule has 134 valence electrons. The van der Waals surface area contributed by atoms with Crippen LogP contribution in [0.2, 0.25) is 0 Å². The lowest BCUT2D eigenvalue weighted by atomic mass is 10.2. The average Bonchev–Trinajstić information content (AvgIpc) is 2.71. The Labute approximate surface area is 157 Å². The molecule has 6 heteroatoms. The van der Waals surface area contributed by atoms with E-state index in [4.69, 9.17) is 14.7 Å². The molecule has 0 bridgehead atoms. The molecule has 0 aliphatic rings. The summed E-state index contributed by atoms with van der Waals surface area (Å²) >= 11 is 0. The largest absolute Gasteiger partial charge is 0.494 e. The van der Waals surface area contributed by atoms with E-state index in [-0.39, 0.29) is 0 Å². The first-order valence-corrected chi connectivity index (χ1v) is 8.77. The summed E-state index contributed by atoms with van der Waals surface area (Å²) < 4.78 is 5.64. The summed E-state index contributed by atoms with van der Waals surface area (Å²) in [5.74, 6) is 2.10. The molecule has 0 spiro atoms. The predicted molar refractivity (Wildman–Crippen MR) is 106 cm³/mol. The number of ether oxygens (including phenoxy) is 1. The van der Waals surface area contributed by atoms with Gasteiger partial charge in [0.1, 0.15) is 11.6 Å². The van der Waals surface area contributed by atoms with E-state index < -0.39 is 0 Å². The summed E-state index contributed by atoms with van der Waals surface area (Å²) in [4.78, 5) is 18.0. The number of hydrogen-bond donors (Lipinski definition) is 1. The molecule has 1 aromatic carbocycles. The Morgan fingerprint density at radius 2 is 1.96 bits per heavy atom. The Balaban J connectivity index is 1.85. The third-order valence-corrected chi connectivity index (χ3v) is 4.07. The van der Waals surface area contributed by atoms with Crippen LogP contribution in [-0.4, -0.2) is 26.5 Å². The number of aromatic nitrogens is 4. The van der Waals surface area contributed by atoms with Gasteiger partial charge in [0.05, 0.1) is 24.0 Å². The van der Waals surface area contributed by atoms with Crippen molar-refractivity contribution in [2.24, 2.45) is 0 Å². The zero-order valence-electron chi connectivity index (χ0n) is 15.2. The number of hydrogen-bond acceptors (Lipinski definition) is 6. The van der Waals surface area contributed by atoms with Crippen LogP contribution in [-0.2, 0) is 0 Å². The summed E-state index contributed by atoms with van der Waals surface area (Å²) in [7, 11) is 0. The molecule has 4 aromatic rings. The fourth-order valence-electron chi connectivity index (χ4n) is 2.76. The maximum Gasteiger partial charge on any atom is 0.163 e. The third kappa shape index (κ3) is 3.69. The molecule has 0 aliphatic heterocycles. The molecule has 3 aromatic heterocycles. The van der Waals surface area contributed by atoms with Gasteiger partial charge in [-0.15, -0.1) is 0 Å². The number of nitrogens with one attached hydrogen (secondary N) is 1. The van der Waals surface area contributed by atoms with Crippen LogP contribution in [0, 0.1) is 6.92 Å². The van der Waals surface area contributed by atoms with Crippen LogP contribution in [0.25, 0.3) is 22.3 Å². The van der Waals surface area contributed by atoms with Gasteiger partial charge in [0, 0.05) is 29.0 Å². The fourth-order valence-corrected chi connectivity index (χ4v) is 2.76. The van der Waals surface area contributed by atoms with Gasteiger partial charge >= 0.3 is 0 Å². The van der Waals surface area contributed by atoms with Crippen molar-refractivity contribution >= 4 is 22.4 Å². The third-order valence-electron chi connectivity index (χ3n) is 4.07. The molecular formula is C21H19N5O. The maximum atomic E-state index is 5.64. The van der Waals surface area contributed by atoms with Crippen molar-refractivity contribution in [3.63, 3.8) is 0 Å².